The largest absolute Gasteiger partial charge is 0.396 e. The van der Waals surface area contributed by atoms with Gasteiger partial charge in [-0.25, -0.2) is 0 Å². The lowest BCUT2D eigenvalue weighted by Crippen LogP contribution is -2.57. The molecule has 0 aliphatic carbocycles. The minimum atomic E-state index is -0.616. The van der Waals surface area contributed by atoms with E-state index in [1.807, 2.05) is 13.0 Å². The molecule has 2 N–H and O–H groups in total. The van der Waals surface area contributed by atoms with E-state index in [-0.39, 0.29) is 24.8 Å². The van der Waals surface area contributed by atoms with Gasteiger partial charge in [-0.15, -0.1) is 0 Å². The molecule has 0 radical (unpaired) electrons. The van der Waals surface area contributed by atoms with Crippen molar-refractivity contribution in [1.29, 1.82) is 0 Å². The number of aliphatic hydroxyl groups is 1. The Morgan fingerprint density at radius 2 is 2.26 bits per heavy atom. The van der Waals surface area contributed by atoms with Crippen molar-refractivity contribution < 1.29 is 14.7 Å². The van der Waals surface area contributed by atoms with Gasteiger partial charge in [0, 0.05) is 26.2 Å². The molecule has 1 unspecified atom stereocenters. The quantitative estimate of drug-likeness (QED) is 0.795. The van der Waals surface area contributed by atoms with Crippen LogP contribution in [0.1, 0.15) is 43.4 Å². The third kappa shape index (κ3) is 3.90. The van der Waals surface area contributed by atoms with E-state index in [0.29, 0.717) is 31.2 Å². The van der Waals surface area contributed by atoms with Crippen LogP contribution in [-0.4, -0.2) is 57.3 Å². The van der Waals surface area contributed by atoms with Crippen molar-refractivity contribution >= 4 is 11.8 Å². The number of rotatable bonds is 6. The SMILES string of the molecule is CCn1nc(CC(C)C)cc1C(=O)N1CCNC(=O)C1CCO. The molecule has 7 heteroatoms. The first-order chi connectivity index (χ1) is 11.0. The zero-order valence-electron chi connectivity index (χ0n) is 14.1. The maximum absolute atomic E-state index is 12.9. The molecule has 1 saturated heterocycles. The molecule has 1 aromatic heterocycles. The topological polar surface area (TPSA) is 87.5 Å². The van der Waals surface area contributed by atoms with E-state index in [9.17, 15) is 14.7 Å². The van der Waals surface area contributed by atoms with Gasteiger partial charge >= 0.3 is 0 Å². The molecule has 1 aliphatic rings. The summed E-state index contributed by atoms with van der Waals surface area (Å²) in [4.78, 5) is 26.5. The first-order valence-corrected chi connectivity index (χ1v) is 8.24. The number of nitrogens with one attached hydrogen (secondary N) is 1. The Bertz CT molecular complexity index is 568. The number of hydrogen-bond acceptors (Lipinski definition) is 4. The number of nitrogens with zero attached hydrogens (tertiary/aromatic N) is 3. The van der Waals surface area contributed by atoms with Gasteiger partial charge in [0.05, 0.1) is 5.69 Å². The minimum absolute atomic E-state index is 0.131. The van der Waals surface area contributed by atoms with E-state index in [1.165, 1.54) is 0 Å². The Morgan fingerprint density at radius 3 is 2.87 bits per heavy atom. The number of aromatic nitrogens is 2. The minimum Gasteiger partial charge on any atom is -0.396 e. The summed E-state index contributed by atoms with van der Waals surface area (Å²) in [5.74, 6) is 0.0623. The maximum Gasteiger partial charge on any atom is 0.272 e. The fourth-order valence-electron chi connectivity index (χ4n) is 2.92. The molecule has 1 aromatic rings. The zero-order valence-corrected chi connectivity index (χ0v) is 14.1. The normalized spacial score (nSPS) is 18.4. The molecule has 1 fully saturated rings. The summed E-state index contributed by atoms with van der Waals surface area (Å²) < 4.78 is 1.70. The molecule has 1 aliphatic heterocycles. The second-order valence-electron chi connectivity index (χ2n) is 6.25. The second kappa shape index (κ2) is 7.59. The Labute approximate surface area is 136 Å². The molecule has 7 nitrogen and oxygen atoms in total. The molecule has 0 spiro atoms. The lowest BCUT2D eigenvalue weighted by atomic mass is 10.1. The molecule has 23 heavy (non-hydrogen) atoms. The van der Waals surface area contributed by atoms with Crippen LogP contribution >= 0.6 is 0 Å². The Morgan fingerprint density at radius 1 is 1.52 bits per heavy atom. The molecule has 2 rings (SSSR count). The Balaban J connectivity index is 2.27. The van der Waals surface area contributed by atoms with Gasteiger partial charge in [-0.3, -0.25) is 14.3 Å². The van der Waals surface area contributed by atoms with Crippen molar-refractivity contribution in [2.45, 2.75) is 46.2 Å². The fraction of sp³-hybridized carbons (Fsp3) is 0.688. The summed E-state index contributed by atoms with van der Waals surface area (Å²) in [5.41, 5.74) is 1.41. The van der Waals surface area contributed by atoms with E-state index in [0.717, 1.165) is 12.1 Å². The van der Waals surface area contributed by atoms with Crippen LogP contribution < -0.4 is 5.32 Å². The second-order valence-corrected chi connectivity index (χ2v) is 6.25. The zero-order chi connectivity index (χ0) is 17.0. The molecule has 2 amide bonds. The van der Waals surface area contributed by atoms with Gasteiger partial charge in [0.1, 0.15) is 11.7 Å². The molecule has 1 atom stereocenters. The van der Waals surface area contributed by atoms with E-state index in [4.69, 9.17) is 0 Å². The van der Waals surface area contributed by atoms with Crippen LogP contribution in [0.2, 0.25) is 0 Å². The van der Waals surface area contributed by atoms with E-state index in [2.05, 4.69) is 24.3 Å². The van der Waals surface area contributed by atoms with Gasteiger partial charge in [-0.05, 0) is 31.7 Å². The fourth-order valence-corrected chi connectivity index (χ4v) is 2.92. The Kier molecular flexibility index (Phi) is 5.76. The highest BCUT2D eigenvalue weighted by Gasteiger charge is 2.34. The van der Waals surface area contributed by atoms with Crippen molar-refractivity contribution in [1.82, 2.24) is 20.0 Å². The van der Waals surface area contributed by atoms with Gasteiger partial charge in [-0.2, -0.15) is 5.10 Å². The van der Waals surface area contributed by atoms with Crippen LogP contribution in [0.3, 0.4) is 0 Å². The van der Waals surface area contributed by atoms with E-state index >= 15 is 0 Å². The molecular weight excluding hydrogens is 296 g/mol. The monoisotopic (exact) mass is 322 g/mol. The number of aryl methyl sites for hydroxylation is 1. The smallest absolute Gasteiger partial charge is 0.272 e. The van der Waals surface area contributed by atoms with Gasteiger partial charge in [0.2, 0.25) is 5.91 Å². The molecule has 0 saturated carbocycles. The molecular formula is C16H26N4O3. The third-order valence-electron chi connectivity index (χ3n) is 3.96. The highest BCUT2D eigenvalue weighted by atomic mass is 16.3. The Hall–Kier alpha value is -1.89. The number of carbonyl (C=O) groups excluding carboxylic acids is 2. The molecule has 2 heterocycles. The van der Waals surface area contributed by atoms with Crippen molar-refractivity contribution in [2.24, 2.45) is 5.92 Å². The van der Waals surface area contributed by atoms with Gasteiger partial charge in [0.25, 0.3) is 5.91 Å². The highest BCUT2D eigenvalue weighted by molar-refractivity contribution is 5.97. The van der Waals surface area contributed by atoms with Crippen LogP contribution in [-0.2, 0) is 17.8 Å². The standard InChI is InChI=1S/C16H26N4O3/c1-4-20-14(10-12(18-20)9-11(2)3)16(23)19-7-6-17-15(22)13(19)5-8-21/h10-11,13,21H,4-9H2,1-3H3,(H,17,22). The van der Waals surface area contributed by atoms with Gasteiger partial charge in [-0.1, -0.05) is 13.8 Å². The third-order valence-corrected chi connectivity index (χ3v) is 3.96. The van der Waals surface area contributed by atoms with Crippen LogP contribution in [0.25, 0.3) is 0 Å². The predicted molar refractivity (Wildman–Crippen MR) is 86.0 cm³/mol. The van der Waals surface area contributed by atoms with Crippen LogP contribution in [0.15, 0.2) is 6.07 Å². The first kappa shape index (κ1) is 17.5. The lowest BCUT2D eigenvalue weighted by molar-refractivity contribution is -0.128. The summed E-state index contributed by atoms with van der Waals surface area (Å²) in [7, 11) is 0. The number of carbonyl (C=O) groups is 2. The van der Waals surface area contributed by atoms with Crippen LogP contribution in [0.4, 0.5) is 0 Å². The number of hydrogen-bond donors (Lipinski definition) is 2. The van der Waals surface area contributed by atoms with E-state index in [1.54, 1.807) is 9.58 Å². The van der Waals surface area contributed by atoms with Gasteiger partial charge in [0.15, 0.2) is 0 Å². The van der Waals surface area contributed by atoms with Crippen molar-refractivity contribution in [2.75, 3.05) is 19.7 Å². The van der Waals surface area contributed by atoms with Crippen LogP contribution in [0.5, 0.6) is 0 Å². The predicted octanol–water partition coefficient (Wildman–Crippen LogP) is 0.425. The number of piperazine rings is 1. The summed E-state index contributed by atoms with van der Waals surface area (Å²) in [6, 6.07) is 1.21. The first-order valence-electron chi connectivity index (χ1n) is 8.24. The van der Waals surface area contributed by atoms with Crippen molar-refractivity contribution in [3.05, 3.63) is 17.5 Å². The summed E-state index contributed by atoms with van der Waals surface area (Å²) in [6.07, 6.45) is 1.06. The number of amides is 2. The average molecular weight is 322 g/mol. The van der Waals surface area contributed by atoms with Crippen molar-refractivity contribution in [3.63, 3.8) is 0 Å². The molecule has 0 aromatic carbocycles. The molecule has 128 valence electrons. The van der Waals surface area contributed by atoms with Crippen LogP contribution in [0, 0.1) is 5.92 Å². The highest BCUT2D eigenvalue weighted by Crippen LogP contribution is 2.16. The summed E-state index contributed by atoms with van der Waals surface area (Å²) in [5, 5.41) is 16.4. The summed E-state index contributed by atoms with van der Waals surface area (Å²) >= 11 is 0. The number of aliphatic hydroxyl groups excluding tert-OH is 1. The van der Waals surface area contributed by atoms with E-state index < -0.39 is 6.04 Å². The van der Waals surface area contributed by atoms with Crippen molar-refractivity contribution in [3.8, 4) is 0 Å². The molecule has 0 bridgehead atoms. The summed E-state index contributed by atoms with van der Waals surface area (Å²) in [6.45, 7) is 7.51. The maximum atomic E-state index is 12.9. The van der Waals surface area contributed by atoms with Gasteiger partial charge < -0.3 is 15.3 Å². The lowest BCUT2D eigenvalue weighted by Gasteiger charge is -2.34. The average Bonchev–Trinajstić information content (AvgIpc) is 2.91.